The molecule has 0 unspecified atom stereocenters. The monoisotopic (exact) mass is 618 g/mol. The van der Waals surface area contributed by atoms with Gasteiger partial charge >= 0.3 is 6.09 Å². The molecule has 2 aromatic carbocycles. The summed E-state index contributed by atoms with van der Waals surface area (Å²) in [4.78, 5) is 24.2. The molecular weight excluding hydrogens is 560 g/mol. The predicted molar refractivity (Wildman–Crippen MR) is 186 cm³/mol. The van der Waals surface area contributed by atoms with Crippen LogP contribution in [0.3, 0.4) is 0 Å². The van der Waals surface area contributed by atoms with Gasteiger partial charge in [-0.1, -0.05) is 24.3 Å². The highest BCUT2D eigenvalue weighted by molar-refractivity contribution is 5.68. The summed E-state index contributed by atoms with van der Waals surface area (Å²) in [5, 5.41) is 3.43. The Hall–Kier alpha value is -2.81. The lowest BCUT2D eigenvalue weighted by Gasteiger charge is -2.36. The molecule has 0 saturated carbocycles. The van der Waals surface area contributed by atoms with Crippen molar-refractivity contribution in [2.45, 2.75) is 79.0 Å². The van der Waals surface area contributed by atoms with Gasteiger partial charge in [-0.2, -0.15) is 0 Å². The zero-order chi connectivity index (χ0) is 31.8. The van der Waals surface area contributed by atoms with Crippen LogP contribution in [0.2, 0.25) is 0 Å². The summed E-state index contributed by atoms with van der Waals surface area (Å²) in [7, 11) is 0. The van der Waals surface area contributed by atoms with Gasteiger partial charge in [0.2, 0.25) is 0 Å². The van der Waals surface area contributed by atoms with Crippen LogP contribution in [0.15, 0.2) is 36.4 Å². The van der Waals surface area contributed by atoms with Crippen molar-refractivity contribution in [1.29, 1.82) is 0 Å². The Labute approximate surface area is 272 Å². The number of nitrogens with zero attached hydrogens (tertiary/aromatic N) is 5. The van der Waals surface area contributed by atoms with E-state index in [9.17, 15) is 4.79 Å². The first-order valence-electron chi connectivity index (χ1n) is 17.5. The summed E-state index contributed by atoms with van der Waals surface area (Å²) in [5.74, 6) is 0. The SMILES string of the molecule is Cc1ccc(CN2CCN(C(=O)OC(C)(C)C)CC2)c(N2CCCC2)c1.Cc1ccc(CN2CCNCC2)c(N2CCCC2)c1. The van der Waals surface area contributed by atoms with Crippen molar-refractivity contribution in [3.05, 3.63) is 58.7 Å². The molecule has 45 heavy (non-hydrogen) atoms. The number of aryl methyl sites for hydroxylation is 2. The second kappa shape index (κ2) is 15.7. The van der Waals surface area contributed by atoms with E-state index < -0.39 is 5.60 Å². The molecular formula is C37H58N6O2. The molecule has 8 nitrogen and oxygen atoms in total. The summed E-state index contributed by atoms with van der Waals surface area (Å²) < 4.78 is 5.49. The summed E-state index contributed by atoms with van der Waals surface area (Å²) in [6.07, 6.45) is 5.09. The molecule has 4 fully saturated rings. The summed E-state index contributed by atoms with van der Waals surface area (Å²) >= 11 is 0. The van der Waals surface area contributed by atoms with Gasteiger partial charge in [0.25, 0.3) is 0 Å². The third kappa shape index (κ3) is 9.84. The quantitative estimate of drug-likeness (QED) is 0.449. The number of amides is 1. The number of benzene rings is 2. The number of carbonyl (C=O) groups is 1. The molecule has 6 rings (SSSR count). The van der Waals surface area contributed by atoms with Gasteiger partial charge in [-0.15, -0.1) is 0 Å². The molecule has 1 amide bonds. The minimum Gasteiger partial charge on any atom is -0.444 e. The van der Waals surface area contributed by atoms with E-state index in [1.54, 1.807) is 0 Å². The largest absolute Gasteiger partial charge is 0.444 e. The number of hydrogen-bond acceptors (Lipinski definition) is 7. The Morgan fingerprint density at radius 2 is 1.11 bits per heavy atom. The van der Waals surface area contributed by atoms with Gasteiger partial charge in [-0.3, -0.25) is 9.80 Å². The molecule has 0 aromatic heterocycles. The lowest BCUT2D eigenvalue weighted by molar-refractivity contribution is 0.0139. The van der Waals surface area contributed by atoms with E-state index in [-0.39, 0.29) is 6.09 Å². The van der Waals surface area contributed by atoms with Gasteiger partial charge in [-0.05, 0) is 94.7 Å². The van der Waals surface area contributed by atoms with Crippen LogP contribution >= 0.6 is 0 Å². The Morgan fingerprint density at radius 3 is 1.56 bits per heavy atom. The molecule has 4 aliphatic rings. The highest BCUT2D eigenvalue weighted by atomic mass is 16.6. The Morgan fingerprint density at radius 1 is 0.667 bits per heavy atom. The van der Waals surface area contributed by atoms with Gasteiger partial charge in [0.05, 0.1) is 0 Å². The van der Waals surface area contributed by atoms with E-state index in [4.69, 9.17) is 4.74 Å². The average Bonchev–Trinajstić information content (AvgIpc) is 3.75. The topological polar surface area (TPSA) is 54.5 Å². The smallest absolute Gasteiger partial charge is 0.410 e. The minimum absolute atomic E-state index is 0.190. The Bertz CT molecular complexity index is 1230. The third-order valence-electron chi connectivity index (χ3n) is 9.40. The lowest BCUT2D eigenvalue weighted by atomic mass is 10.1. The number of carbonyl (C=O) groups excluding carboxylic acids is 1. The fourth-order valence-corrected chi connectivity index (χ4v) is 6.89. The molecule has 0 bridgehead atoms. The van der Waals surface area contributed by atoms with Crippen molar-refractivity contribution in [3.63, 3.8) is 0 Å². The van der Waals surface area contributed by atoms with E-state index >= 15 is 0 Å². The van der Waals surface area contributed by atoms with Crippen molar-refractivity contribution in [3.8, 4) is 0 Å². The maximum absolute atomic E-state index is 12.2. The zero-order valence-corrected chi connectivity index (χ0v) is 28.7. The number of anilines is 2. The molecule has 0 atom stereocenters. The molecule has 4 saturated heterocycles. The van der Waals surface area contributed by atoms with E-state index in [0.717, 1.165) is 52.4 Å². The maximum Gasteiger partial charge on any atom is 0.410 e. The van der Waals surface area contributed by atoms with Crippen LogP contribution in [0, 0.1) is 13.8 Å². The van der Waals surface area contributed by atoms with Crippen LogP contribution in [0.25, 0.3) is 0 Å². The van der Waals surface area contributed by atoms with Crippen LogP contribution in [0.4, 0.5) is 16.2 Å². The average molecular weight is 619 g/mol. The van der Waals surface area contributed by atoms with Crippen LogP contribution in [-0.2, 0) is 17.8 Å². The normalized spacial score (nSPS) is 19.9. The van der Waals surface area contributed by atoms with Gasteiger partial charge in [-0.25, -0.2) is 4.79 Å². The molecule has 0 aliphatic carbocycles. The van der Waals surface area contributed by atoms with E-state index in [1.165, 1.54) is 98.6 Å². The summed E-state index contributed by atoms with van der Waals surface area (Å²) in [6.45, 7) is 24.9. The first-order valence-corrected chi connectivity index (χ1v) is 17.5. The Balaban J connectivity index is 0.000000186. The minimum atomic E-state index is -0.430. The van der Waals surface area contributed by atoms with Crippen molar-refractivity contribution >= 4 is 17.5 Å². The maximum atomic E-state index is 12.2. The molecule has 0 radical (unpaired) electrons. The molecule has 1 N–H and O–H groups in total. The number of nitrogens with one attached hydrogen (secondary N) is 1. The number of ether oxygens (including phenoxy) is 1. The Kier molecular flexibility index (Phi) is 11.7. The molecule has 4 heterocycles. The van der Waals surface area contributed by atoms with Gasteiger partial charge in [0.1, 0.15) is 5.60 Å². The van der Waals surface area contributed by atoms with Crippen molar-refractivity contribution in [1.82, 2.24) is 20.0 Å². The number of hydrogen-bond donors (Lipinski definition) is 1. The van der Waals surface area contributed by atoms with E-state index in [1.807, 2.05) is 25.7 Å². The molecule has 0 spiro atoms. The van der Waals surface area contributed by atoms with Crippen LogP contribution in [0.1, 0.15) is 68.7 Å². The van der Waals surface area contributed by atoms with Crippen LogP contribution in [0.5, 0.6) is 0 Å². The fourth-order valence-electron chi connectivity index (χ4n) is 6.89. The second-order valence-electron chi connectivity index (χ2n) is 14.4. The first-order chi connectivity index (χ1) is 21.6. The van der Waals surface area contributed by atoms with Crippen molar-refractivity contribution < 1.29 is 9.53 Å². The molecule has 248 valence electrons. The van der Waals surface area contributed by atoms with Crippen LogP contribution in [-0.4, -0.2) is 105 Å². The zero-order valence-electron chi connectivity index (χ0n) is 28.7. The lowest BCUT2D eigenvalue weighted by Crippen LogP contribution is -2.49. The summed E-state index contributed by atoms with van der Waals surface area (Å²) in [6, 6.07) is 13.8. The van der Waals surface area contributed by atoms with Crippen LogP contribution < -0.4 is 15.1 Å². The van der Waals surface area contributed by atoms with Gasteiger partial charge < -0.3 is 24.8 Å². The number of piperazine rings is 2. The van der Waals surface area contributed by atoms with E-state index in [0.29, 0.717) is 0 Å². The van der Waals surface area contributed by atoms with Crippen molar-refractivity contribution in [2.24, 2.45) is 0 Å². The predicted octanol–water partition coefficient (Wildman–Crippen LogP) is 5.65. The highest BCUT2D eigenvalue weighted by Crippen LogP contribution is 2.29. The third-order valence-corrected chi connectivity index (χ3v) is 9.40. The van der Waals surface area contributed by atoms with Gasteiger partial charge in [0, 0.05) is 103 Å². The molecule has 4 aliphatic heterocycles. The summed E-state index contributed by atoms with van der Waals surface area (Å²) in [5.41, 5.74) is 8.07. The number of rotatable bonds is 6. The standard InChI is InChI=1S/C21H33N3O2.C16H25N3/c1-17-7-8-18(19(15-17)23-9-5-6-10-23)16-22-11-13-24(14-12-22)20(25)26-21(2,3)4;1-14-4-5-15(13-18-10-6-17-7-11-18)16(12-14)19-8-2-3-9-19/h7-8,15H,5-6,9-14,16H2,1-4H3;4-5,12,17H,2-3,6-11,13H2,1H3. The second-order valence-corrected chi connectivity index (χ2v) is 14.4. The fraction of sp³-hybridized carbons (Fsp3) is 0.649. The van der Waals surface area contributed by atoms with E-state index in [2.05, 4.69) is 75.2 Å². The highest BCUT2D eigenvalue weighted by Gasteiger charge is 2.27. The van der Waals surface area contributed by atoms with Crippen molar-refractivity contribution in [2.75, 3.05) is 88.3 Å². The molecule has 8 heteroatoms. The molecule has 2 aromatic rings. The first kappa shape index (κ1) is 33.6. The van der Waals surface area contributed by atoms with Gasteiger partial charge in [0.15, 0.2) is 0 Å².